The van der Waals surface area contributed by atoms with Crippen LogP contribution < -0.4 is 10.2 Å². The normalized spacial score (nSPS) is 15.0. The van der Waals surface area contributed by atoms with E-state index in [2.05, 4.69) is 10.5 Å². The number of ether oxygens (including phenoxy) is 1. The number of hydrogen-bond acceptors (Lipinski definition) is 4. The monoisotopic (exact) mass is 296 g/mol. The summed E-state index contributed by atoms with van der Waals surface area (Å²) in [5.41, 5.74) is 7.01. The molecule has 5 heteroatoms. The number of rotatable bonds is 3. The van der Waals surface area contributed by atoms with Gasteiger partial charge in [0, 0.05) is 12.0 Å². The largest absolute Gasteiger partial charge is 0.492 e. The minimum Gasteiger partial charge on any atom is -0.492 e. The van der Waals surface area contributed by atoms with Crippen molar-refractivity contribution in [1.82, 2.24) is 0 Å². The number of nitrogens with one attached hydrogen (secondary N) is 1. The topological polar surface area (TPSA) is 70.9 Å². The average Bonchev–Trinajstić information content (AvgIpc) is 2.54. The van der Waals surface area contributed by atoms with Gasteiger partial charge in [-0.2, -0.15) is 5.10 Å². The zero-order valence-electron chi connectivity index (χ0n) is 12.2. The highest BCUT2D eigenvalue weighted by Crippen LogP contribution is 2.28. The van der Waals surface area contributed by atoms with E-state index in [1.54, 1.807) is 24.3 Å². The van der Waals surface area contributed by atoms with E-state index in [9.17, 15) is 4.79 Å². The van der Waals surface area contributed by atoms with E-state index in [1.165, 1.54) is 0 Å². The third kappa shape index (κ3) is 2.79. The van der Waals surface area contributed by atoms with Crippen molar-refractivity contribution in [1.29, 1.82) is 0 Å². The minimum atomic E-state index is -0.938. The number of anilines is 1. The van der Waals surface area contributed by atoms with E-state index in [4.69, 9.17) is 9.84 Å². The summed E-state index contributed by atoms with van der Waals surface area (Å²) < 4.78 is 5.70. The maximum Gasteiger partial charge on any atom is 0.335 e. The first-order valence-electron chi connectivity index (χ1n) is 7.04. The molecule has 0 unspecified atom stereocenters. The number of fused-ring (bicyclic) bond motifs is 1. The van der Waals surface area contributed by atoms with E-state index < -0.39 is 5.97 Å². The summed E-state index contributed by atoms with van der Waals surface area (Å²) in [6.45, 7) is 2.62. The van der Waals surface area contributed by atoms with Gasteiger partial charge in [-0.1, -0.05) is 12.1 Å². The van der Waals surface area contributed by atoms with E-state index in [0.717, 1.165) is 34.7 Å². The molecule has 2 N–H and O–H groups in total. The molecule has 0 radical (unpaired) electrons. The van der Waals surface area contributed by atoms with E-state index in [1.807, 2.05) is 25.1 Å². The number of hydrogen-bond donors (Lipinski definition) is 2. The van der Waals surface area contributed by atoms with Crippen LogP contribution in [0.4, 0.5) is 5.69 Å². The fourth-order valence-electron chi connectivity index (χ4n) is 2.39. The Kier molecular flexibility index (Phi) is 3.78. The lowest BCUT2D eigenvalue weighted by molar-refractivity contribution is 0.0697. The third-order valence-corrected chi connectivity index (χ3v) is 3.56. The molecule has 0 saturated heterocycles. The van der Waals surface area contributed by atoms with Crippen LogP contribution in [-0.2, 0) is 0 Å². The van der Waals surface area contributed by atoms with Gasteiger partial charge in [-0.25, -0.2) is 4.79 Å². The number of benzene rings is 2. The van der Waals surface area contributed by atoms with E-state index in [-0.39, 0.29) is 5.56 Å². The second kappa shape index (κ2) is 5.89. The Morgan fingerprint density at radius 2 is 2.00 bits per heavy atom. The Hall–Kier alpha value is -2.82. The van der Waals surface area contributed by atoms with Crippen molar-refractivity contribution in [3.05, 3.63) is 59.2 Å². The summed E-state index contributed by atoms with van der Waals surface area (Å²) in [7, 11) is 0. The highest BCUT2D eigenvalue weighted by Gasteiger charge is 2.18. The maximum atomic E-state index is 10.8. The van der Waals surface area contributed by atoms with Gasteiger partial charge in [-0.3, -0.25) is 5.43 Å². The fourth-order valence-corrected chi connectivity index (χ4v) is 2.39. The van der Waals surface area contributed by atoms with Crippen molar-refractivity contribution in [2.75, 3.05) is 12.0 Å². The highest BCUT2D eigenvalue weighted by atomic mass is 16.5. The van der Waals surface area contributed by atoms with E-state index >= 15 is 0 Å². The Morgan fingerprint density at radius 1 is 1.23 bits per heavy atom. The molecule has 5 nitrogen and oxygen atoms in total. The van der Waals surface area contributed by atoms with Crippen LogP contribution in [0.1, 0.15) is 27.9 Å². The number of carboxylic acids is 1. The molecule has 0 aromatic heterocycles. The van der Waals surface area contributed by atoms with Crippen LogP contribution in [0, 0.1) is 6.92 Å². The number of aryl methyl sites for hydroxylation is 1. The molecule has 1 heterocycles. The molecule has 3 rings (SSSR count). The van der Waals surface area contributed by atoms with Gasteiger partial charge in [0.05, 0.1) is 23.6 Å². The molecular weight excluding hydrogens is 280 g/mol. The van der Waals surface area contributed by atoms with Gasteiger partial charge in [0.25, 0.3) is 0 Å². The lowest BCUT2D eigenvalue weighted by Gasteiger charge is -2.20. The predicted molar refractivity (Wildman–Crippen MR) is 84.9 cm³/mol. The number of carbonyl (C=O) groups is 1. The Morgan fingerprint density at radius 3 is 2.73 bits per heavy atom. The molecule has 112 valence electrons. The van der Waals surface area contributed by atoms with Crippen molar-refractivity contribution in [3.63, 3.8) is 0 Å². The molecule has 1 aliphatic heterocycles. The second-order valence-corrected chi connectivity index (χ2v) is 5.10. The Balaban J connectivity index is 1.82. The third-order valence-electron chi connectivity index (χ3n) is 3.56. The minimum absolute atomic E-state index is 0.255. The molecule has 0 spiro atoms. The molecule has 0 atom stereocenters. The lowest BCUT2D eigenvalue weighted by Crippen LogP contribution is -2.18. The van der Waals surface area contributed by atoms with Crippen LogP contribution >= 0.6 is 0 Å². The molecule has 1 aliphatic rings. The highest BCUT2D eigenvalue weighted by molar-refractivity contribution is 6.04. The van der Waals surface area contributed by atoms with Crippen molar-refractivity contribution in [3.8, 4) is 5.75 Å². The van der Waals surface area contributed by atoms with E-state index in [0.29, 0.717) is 6.61 Å². The molecule has 2 aromatic carbocycles. The van der Waals surface area contributed by atoms with Crippen LogP contribution in [-0.4, -0.2) is 23.4 Å². The quantitative estimate of drug-likeness (QED) is 0.853. The summed E-state index contributed by atoms with van der Waals surface area (Å²) in [4.78, 5) is 10.8. The number of para-hydroxylation sites is 1. The molecule has 0 fully saturated rings. The molecule has 0 aliphatic carbocycles. The van der Waals surface area contributed by atoms with Gasteiger partial charge >= 0.3 is 5.97 Å². The Bertz CT molecular complexity index is 736. The van der Waals surface area contributed by atoms with Gasteiger partial charge in [-0.15, -0.1) is 0 Å². The van der Waals surface area contributed by atoms with Gasteiger partial charge in [0.2, 0.25) is 0 Å². The van der Waals surface area contributed by atoms with Crippen molar-refractivity contribution in [2.45, 2.75) is 13.3 Å². The summed E-state index contributed by atoms with van der Waals surface area (Å²) >= 11 is 0. The number of hydrazone groups is 1. The van der Waals surface area contributed by atoms with Gasteiger partial charge < -0.3 is 9.84 Å². The first-order chi connectivity index (χ1) is 10.6. The summed E-state index contributed by atoms with van der Waals surface area (Å²) in [5.74, 6) is -0.0535. The summed E-state index contributed by atoms with van der Waals surface area (Å²) in [6, 6.07) is 12.5. The zero-order valence-corrected chi connectivity index (χ0v) is 12.2. The number of carboxylic acid groups (broad SMARTS) is 1. The van der Waals surface area contributed by atoms with Crippen LogP contribution in [0.5, 0.6) is 5.75 Å². The smallest absolute Gasteiger partial charge is 0.335 e. The van der Waals surface area contributed by atoms with Crippen LogP contribution in [0.25, 0.3) is 0 Å². The first-order valence-corrected chi connectivity index (χ1v) is 7.04. The fraction of sp³-hybridized carbons (Fsp3) is 0.176. The molecular formula is C17H16N2O3. The standard InChI is InChI=1S/C17H16N2O3/c1-11-3-2-4-14-15(9-10-22-16(11)14)19-18-13-7-5-12(6-8-13)17(20)21/h2-8,18H,9-10H2,1H3,(H,20,21)/b19-15-. The van der Waals surface area contributed by atoms with Crippen LogP contribution in [0.3, 0.4) is 0 Å². The SMILES string of the molecule is Cc1cccc2c1OCC/C2=N/Nc1ccc(C(=O)O)cc1. The lowest BCUT2D eigenvalue weighted by atomic mass is 10.0. The first kappa shape index (κ1) is 14.1. The average molecular weight is 296 g/mol. The number of aromatic carboxylic acids is 1. The summed E-state index contributed by atoms with van der Waals surface area (Å²) in [5, 5.41) is 13.3. The zero-order chi connectivity index (χ0) is 15.5. The summed E-state index contributed by atoms with van der Waals surface area (Å²) in [6.07, 6.45) is 0.733. The molecule has 22 heavy (non-hydrogen) atoms. The Labute approximate surface area is 128 Å². The van der Waals surface area contributed by atoms with Crippen molar-refractivity contribution >= 4 is 17.4 Å². The van der Waals surface area contributed by atoms with Gasteiger partial charge in [0.15, 0.2) is 0 Å². The van der Waals surface area contributed by atoms with Gasteiger partial charge in [0.1, 0.15) is 5.75 Å². The van der Waals surface area contributed by atoms with Crippen molar-refractivity contribution in [2.24, 2.45) is 5.10 Å². The van der Waals surface area contributed by atoms with Crippen LogP contribution in [0.2, 0.25) is 0 Å². The number of nitrogens with zero attached hydrogens (tertiary/aromatic N) is 1. The molecule has 0 amide bonds. The molecule has 2 aromatic rings. The molecule has 0 bridgehead atoms. The molecule has 0 saturated carbocycles. The van der Waals surface area contributed by atoms with Crippen molar-refractivity contribution < 1.29 is 14.6 Å². The second-order valence-electron chi connectivity index (χ2n) is 5.10. The van der Waals surface area contributed by atoms with Crippen LogP contribution in [0.15, 0.2) is 47.6 Å². The van der Waals surface area contributed by atoms with Gasteiger partial charge in [-0.05, 0) is 42.8 Å². The predicted octanol–water partition coefficient (Wildman–Crippen LogP) is 3.29. The maximum absolute atomic E-state index is 10.8.